The number of halogens is 1. The molecule has 1 radical (unpaired) electrons. The van der Waals surface area contributed by atoms with Crippen LogP contribution >= 0.6 is 15.9 Å². The molecule has 0 heterocycles. The summed E-state index contributed by atoms with van der Waals surface area (Å²) in [4.78, 5) is 0. The van der Waals surface area contributed by atoms with Crippen molar-refractivity contribution in [3.8, 4) is 11.8 Å². The molecule has 0 aliphatic carbocycles. The lowest BCUT2D eigenvalue weighted by molar-refractivity contribution is 0.685. The first-order valence-electron chi connectivity index (χ1n) is 3.72. The number of rotatable bonds is 5. The van der Waals surface area contributed by atoms with Gasteiger partial charge >= 0.3 is 0 Å². The molecule has 0 rings (SSSR count). The molecule has 0 aromatic carbocycles. The highest BCUT2D eigenvalue weighted by Gasteiger charge is 1.85. The van der Waals surface area contributed by atoms with Crippen molar-refractivity contribution in [3.63, 3.8) is 0 Å². The first-order chi connectivity index (χ1) is 4.91. The Morgan fingerprint density at radius 3 is 2.40 bits per heavy atom. The smallest absolute Gasteiger partial charge is 0.0198 e. The predicted octanol–water partition coefficient (Wildman–Crippen LogP) is 3.17. The summed E-state index contributed by atoms with van der Waals surface area (Å²) >= 11 is 3.39. The van der Waals surface area contributed by atoms with Gasteiger partial charge in [-0.05, 0) is 12.8 Å². The zero-order chi connectivity index (χ0) is 7.66. The number of hydrogen-bond acceptors (Lipinski definition) is 0. The van der Waals surface area contributed by atoms with Crippen molar-refractivity contribution >= 4 is 15.9 Å². The Morgan fingerprint density at radius 1 is 1.10 bits per heavy atom. The second kappa shape index (κ2) is 9.04. The molecule has 0 saturated heterocycles. The lowest BCUT2D eigenvalue weighted by atomic mass is 10.2. The number of alkyl halides is 1. The molecule has 0 aromatic heterocycles. The molecule has 0 atom stereocenters. The minimum Gasteiger partial charge on any atom is -0.103 e. The Balaban J connectivity index is 2.82. The van der Waals surface area contributed by atoms with E-state index in [2.05, 4.69) is 34.7 Å². The Kier molecular flexibility index (Phi) is 9.08. The quantitative estimate of drug-likeness (QED) is 0.365. The van der Waals surface area contributed by atoms with E-state index < -0.39 is 0 Å². The molecule has 0 N–H and O–H groups in total. The van der Waals surface area contributed by atoms with Crippen LogP contribution < -0.4 is 0 Å². The maximum absolute atomic E-state index is 3.45. The van der Waals surface area contributed by atoms with Crippen LogP contribution in [0.15, 0.2) is 0 Å². The molecule has 0 spiro atoms. The summed E-state index contributed by atoms with van der Waals surface area (Å²) in [5, 5.41) is 1.13. The molecule has 0 fully saturated rings. The van der Waals surface area contributed by atoms with E-state index in [4.69, 9.17) is 0 Å². The monoisotopic (exact) mass is 201 g/mol. The van der Waals surface area contributed by atoms with Gasteiger partial charge in [0.15, 0.2) is 0 Å². The van der Waals surface area contributed by atoms with Gasteiger partial charge in [0, 0.05) is 18.7 Å². The summed E-state index contributed by atoms with van der Waals surface area (Å²) in [6.07, 6.45) is 6.17. The highest BCUT2D eigenvalue weighted by molar-refractivity contribution is 9.09. The Morgan fingerprint density at radius 2 is 1.80 bits per heavy atom. The summed E-state index contributed by atoms with van der Waals surface area (Å²) in [7, 11) is 0. The number of unbranched alkanes of at least 4 members (excludes halogenated alkanes) is 4. The van der Waals surface area contributed by atoms with Crippen molar-refractivity contribution in [3.05, 3.63) is 6.92 Å². The Bertz CT molecular complexity index is 108. The summed E-state index contributed by atoms with van der Waals surface area (Å²) in [6.45, 7) is 3.45. The van der Waals surface area contributed by atoms with Gasteiger partial charge in [-0.15, -0.1) is 11.8 Å². The zero-order valence-corrected chi connectivity index (χ0v) is 7.91. The predicted molar refractivity (Wildman–Crippen MR) is 50.0 cm³/mol. The molecular weight excluding hydrogens is 188 g/mol. The van der Waals surface area contributed by atoms with Crippen LogP contribution in [0.5, 0.6) is 0 Å². The fourth-order valence-electron chi connectivity index (χ4n) is 0.750. The second-order valence-corrected chi connectivity index (χ2v) is 3.00. The van der Waals surface area contributed by atoms with Gasteiger partial charge in [-0.25, -0.2) is 0 Å². The Hall–Kier alpha value is 0.0400. The van der Waals surface area contributed by atoms with Gasteiger partial charge in [0.05, 0.1) is 0 Å². The van der Waals surface area contributed by atoms with Gasteiger partial charge < -0.3 is 0 Å². The molecule has 0 amide bonds. The SMILES string of the molecule is [CH2]C#CCCCCCCBr. The Labute approximate surface area is 72.5 Å². The summed E-state index contributed by atoms with van der Waals surface area (Å²) in [6, 6.07) is 0. The summed E-state index contributed by atoms with van der Waals surface area (Å²) < 4.78 is 0. The maximum atomic E-state index is 3.45. The first kappa shape index (κ1) is 10.0. The maximum Gasteiger partial charge on any atom is 0.0198 e. The van der Waals surface area contributed by atoms with Crippen LogP contribution in [-0.2, 0) is 0 Å². The van der Waals surface area contributed by atoms with Gasteiger partial charge in [-0.1, -0.05) is 28.8 Å². The summed E-state index contributed by atoms with van der Waals surface area (Å²) in [5.74, 6) is 5.60. The van der Waals surface area contributed by atoms with Crippen LogP contribution in [0.1, 0.15) is 32.1 Å². The van der Waals surface area contributed by atoms with E-state index in [-0.39, 0.29) is 0 Å². The molecule has 1 heteroatoms. The molecule has 10 heavy (non-hydrogen) atoms. The van der Waals surface area contributed by atoms with E-state index in [1.54, 1.807) is 0 Å². The average molecular weight is 202 g/mol. The highest BCUT2D eigenvalue weighted by Crippen LogP contribution is 2.03. The van der Waals surface area contributed by atoms with E-state index in [1.165, 1.54) is 25.7 Å². The van der Waals surface area contributed by atoms with E-state index in [9.17, 15) is 0 Å². The minimum absolute atomic E-state index is 1.02. The zero-order valence-electron chi connectivity index (χ0n) is 6.33. The molecule has 0 unspecified atom stereocenters. The van der Waals surface area contributed by atoms with Crippen LogP contribution in [-0.4, -0.2) is 5.33 Å². The van der Waals surface area contributed by atoms with Crippen LogP contribution in [0, 0.1) is 18.8 Å². The molecule has 0 bridgehead atoms. The second-order valence-electron chi connectivity index (χ2n) is 2.21. The standard InChI is InChI=1S/C9H14Br/c1-2-3-4-5-6-7-8-9-10/h1,4-9H2. The third kappa shape index (κ3) is 8.04. The highest BCUT2D eigenvalue weighted by atomic mass is 79.9. The topological polar surface area (TPSA) is 0 Å². The van der Waals surface area contributed by atoms with E-state index >= 15 is 0 Å². The van der Waals surface area contributed by atoms with Crippen LogP contribution in [0.4, 0.5) is 0 Å². The molecule has 57 valence electrons. The van der Waals surface area contributed by atoms with E-state index in [0.29, 0.717) is 0 Å². The molecule has 0 aliphatic rings. The van der Waals surface area contributed by atoms with Gasteiger partial charge in [0.25, 0.3) is 0 Å². The van der Waals surface area contributed by atoms with E-state index in [1.807, 2.05) is 0 Å². The van der Waals surface area contributed by atoms with Crippen molar-refractivity contribution < 1.29 is 0 Å². The normalized spacial score (nSPS) is 8.60. The summed E-state index contributed by atoms with van der Waals surface area (Å²) in [5.41, 5.74) is 0. The van der Waals surface area contributed by atoms with Gasteiger partial charge in [-0.2, -0.15) is 0 Å². The molecule has 0 aromatic rings. The van der Waals surface area contributed by atoms with Crippen LogP contribution in [0.25, 0.3) is 0 Å². The van der Waals surface area contributed by atoms with Gasteiger partial charge in [0.2, 0.25) is 0 Å². The number of hydrogen-bond donors (Lipinski definition) is 0. The van der Waals surface area contributed by atoms with Gasteiger partial charge in [0.1, 0.15) is 0 Å². The molecule has 0 aliphatic heterocycles. The average Bonchev–Trinajstić information content (AvgIpc) is 1.97. The lowest BCUT2D eigenvalue weighted by Crippen LogP contribution is -1.77. The van der Waals surface area contributed by atoms with Crippen LogP contribution in [0.2, 0.25) is 0 Å². The molecule has 0 nitrogen and oxygen atoms in total. The van der Waals surface area contributed by atoms with Gasteiger partial charge in [-0.3, -0.25) is 0 Å². The van der Waals surface area contributed by atoms with E-state index in [0.717, 1.165) is 11.8 Å². The van der Waals surface area contributed by atoms with Crippen molar-refractivity contribution in [2.24, 2.45) is 0 Å². The molecular formula is C9H14Br. The minimum atomic E-state index is 1.02. The van der Waals surface area contributed by atoms with Crippen molar-refractivity contribution in [2.45, 2.75) is 32.1 Å². The van der Waals surface area contributed by atoms with Crippen molar-refractivity contribution in [2.75, 3.05) is 5.33 Å². The first-order valence-corrected chi connectivity index (χ1v) is 4.85. The van der Waals surface area contributed by atoms with Crippen LogP contribution in [0.3, 0.4) is 0 Å². The third-order valence-electron chi connectivity index (χ3n) is 1.31. The van der Waals surface area contributed by atoms with Crippen molar-refractivity contribution in [1.29, 1.82) is 0 Å². The fraction of sp³-hybridized carbons (Fsp3) is 0.667. The fourth-order valence-corrected chi connectivity index (χ4v) is 1.15. The largest absolute Gasteiger partial charge is 0.103 e. The third-order valence-corrected chi connectivity index (χ3v) is 1.87. The van der Waals surface area contributed by atoms with Crippen molar-refractivity contribution in [1.82, 2.24) is 0 Å². The molecule has 0 saturated carbocycles. The lowest BCUT2D eigenvalue weighted by Gasteiger charge is -1.93.